The molecule has 2 N–H and O–H groups in total. The third-order valence-electron chi connectivity index (χ3n) is 3.70. The van der Waals surface area contributed by atoms with Crippen molar-refractivity contribution in [2.75, 3.05) is 6.54 Å². The summed E-state index contributed by atoms with van der Waals surface area (Å²) >= 11 is 0. The molecule has 0 radical (unpaired) electrons. The summed E-state index contributed by atoms with van der Waals surface area (Å²) in [4.78, 5) is 25.1. The van der Waals surface area contributed by atoms with Gasteiger partial charge in [-0.05, 0) is 18.8 Å². The molecule has 1 saturated heterocycles. The number of fused-ring (bicyclic) bond motifs is 1. The van der Waals surface area contributed by atoms with Gasteiger partial charge in [-0.3, -0.25) is 14.5 Å². The van der Waals surface area contributed by atoms with Gasteiger partial charge in [0.25, 0.3) is 0 Å². The van der Waals surface area contributed by atoms with E-state index >= 15 is 0 Å². The minimum atomic E-state index is -0.0982. The first-order valence-electron chi connectivity index (χ1n) is 5.48. The molecule has 0 aromatic carbocycles. The van der Waals surface area contributed by atoms with Crippen molar-refractivity contribution in [1.29, 1.82) is 0 Å². The first-order valence-corrected chi connectivity index (χ1v) is 5.48. The van der Waals surface area contributed by atoms with E-state index in [2.05, 4.69) is 0 Å². The lowest BCUT2D eigenvalue weighted by molar-refractivity contribution is -0.143. The molecule has 0 aromatic heterocycles. The topological polar surface area (TPSA) is 63.4 Å². The summed E-state index contributed by atoms with van der Waals surface area (Å²) in [6.07, 6.45) is 0.692. The summed E-state index contributed by atoms with van der Waals surface area (Å²) in [6.45, 7) is 6.34. The summed E-state index contributed by atoms with van der Waals surface area (Å²) in [5.41, 5.74) is 5.51. The zero-order valence-electron chi connectivity index (χ0n) is 9.49. The lowest BCUT2D eigenvalue weighted by Gasteiger charge is -2.21. The van der Waals surface area contributed by atoms with Crippen molar-refractivity contribution >= 4 is 11.8 Å². The Balaban J connectivity index is 2.02. The van der Waals surface area contributed by atoms with Gasteiger partial charge in [0.05, 0.1) is 11.8 Å². The molecule has 2 rings (SSSR count). The molecule has 1 aliphatic heterocycles. The van der Waals surface area contributed by atoms with Gasteiger partial charge in [-0.1, -0.05) is 13.8 Å². The third-order valence-corrected chi connectivity index (χ3v) is 3.70. The second kappa shape index (κ2) is 3.04. The van der Waals surface area contributed by atoms with Crippen LogP contribution in [0.2, 0.25) is 0 Å². The van der Waals surface area contributed by atoms with Gasteiger partial charge in [0.2, 0.25) is 11.8 Å². The number of nitrogens with two attached hydrogens (primary N) is 1. The maximum atomic E-state index is 11.8. The van der Waals surface area contributed by atoms with E-state index in [-0.39, 0.29) is 35.1 Å². The van der Waals surface area contributed by atoms with Crippen molar-refractivity contribution in [3.63, 3.8) is 0 Å². The predicted octanol–water partition coefficient (Wildman–Crippen LogP) is 0.365. The van der Waals surface area contributed by atoms with Crippen molar-refractivity contribution in [3.8, 4) is 0 Å². The van der Waals surface area contributed by atoms with Gasteiger partial charge >= 0.3 is 0 Å². The number of carbonyl (C=O) groups is 2. The zero-order valence-corrected chi connectivity index (χ0v) is 9.49. The first-order chi connectivity index (χ1) is 6.87. The monoisotopic (exact) mass is 210 g/mol. The molecule has 1 aliphatic carbocycles. The maximum absolute atomic E-state index is 11.8. The maximum Gasteiger partial charge on any atom is 0.233 e. The smallest absolute Gasteiger partial charge is 0.233 e. The molecule has 3 atom stereocenters. The van der Waals surface area contributed by atoms with Crippen molar-refractivity contribution in [1.82, 2.24) is 4.90 Å². The molecule has 0 aromatic rings. The van der Waals surface area contributed by atoms with Crippen LogP contribution in [0.4, 0.5) is 0 Å². The largest absolute Gasteiger partial charge is 0.328 e. The summed E-state index contributed by atoms with van der Waals surface area (Å²) in [7, 11) is 0. The second-order valence-corrected chi connectivity index (χ2v) is 5.37. The number of piperidine rings is 1. The molecule has 0 spiro atoms. The molecular weight excluding hydrogens is 192 g/mol. The lowest BCUT2D eigenvalue weighted by Crippen LogP contribution is -2.38. The summed E-state index contributed by atoms with van der Waals surface area (Å²) < 4.78 is 0. The Hall–Kier alpha value is -0.900. The number of imide groups is 1. The molecule has 2 fully saturated rings. The molecule has 4 nitrogen and oxygen atoms in total. The number of carbonyl (C=O) groups excluding carboxylic acids is 2. The fourth-order valence-electron chi connectivity index (χ4n) is 2.56. The summed E-state index contributed by atoms with van der Waals surface area (Å²) in [5.74, 6) is -0.0949. The highest BCUT2D eigenvalue weighted by molar-refractivity contribution is 6.10. The number of likely N-dealkylation sites (tertiary alicyclic amines) is 1. The molecule has 84 valence electrons. The van der Waals surface area contributed by atoms with E-state index in [0.29, 0.717) is 13.0 Å². The molecule has 4 heteroatoms. The molecule has 2 aliphatic rings. The van der Waals surface area contributed by atoms with Crippen LogP contribution < -0.4 is 5.73 Å². The molecule has 3 unspecified atom stereocenters. The molecule has 1 saturated carbocycles. The molecule has 2 amide bonds. The van der Waals surface area contributed by atoms with Crippen LogP contribution in [0.1, 0.15) is 27.2 Å². The van der Waals surface area contributed by atoms with E-state index in [0.717, 1.165) is 0 Å². The number of nitrogens with zero attached hydrogens (tertiary/aromatic N) is 1. The average Bonchev–Trinajstić information content (AvgIpc) is 2.56. The van der Waals surface area contributed by atoms with E-state index in [1.165, 1.54) is 4.90 Å². The van der Waals surface area contributed by atoms with E-state index in [1.807, 2.05) is 20.8 Å². The van der Waals surface area contributed by atoms with Crippen LogP contribution in [0.15, 0.2) is 0 Å². The first kappa shape index (κ1) is 10.6. The van der Waals surface area contributed by atoms with Gasteiger partial charge in [-0.2, -0.15) is 0 Å². The third kappa shape index (κ3) is 1.39. The van der Waals surface area contributed by atoms with Crippen LogP contribution in [0, 0.1) is 17.3 Å². The SMILES string of the molecule is CC(N)CCN1C(=O)C2C(C1=O)C2(C)C. The fraction of sp³-hybridized carbons (Fsp3) is 0.818. The Morgan fingerprint density at radius 1 is 1.33 bits per heavy atom. The predicted molar refractivity (Wildman–Crippen MR) is 55.7 cm³/mol. The quantitative estimate of drug-likeness (QED) is 0.684. The van der Waals surface area contributed by atoms with E-state index in [1.54, 1.807) is 0 Å². The van der Waals surface area contributed by atoms with Crippen molar-refractivity contribution < 1.29 is 9.59 Å². The highest BCUT2D eigenvalue weighted by Gasteiger charge is 2.72. The Kier molecular flexibility index (Phi) is 2.15. The summed E-state index contributed by atoms with van der Waals surface area (Å²) in [5, 5.41) is 0. The van der Waals surface area contributed by atoms with Crippen LogP contribution >= 0.6 is 0 Å². The average molecular weight is 210 g/mol. The van der Waals surface area contributed by atoms with Gasteiger partial charge < -0.3 is 5.73 Å². The highest BCUT2D eigenvalue weighted by atomic mass is 16.2. The number of rotatable bonds is 3. The zero-order chi connectivity index (χ0) is 11.4. The highest BCUT2D eigenvalue weighted by Crippen LogP contribution is 2.63. The van der Waals surface area contributed by atoms with Crippen LogP contribution in [-0.4, -0.2) is 29.3 Å². The number of amides is 2. The lowest BCUT2D eigenvalue weighted by atomic mass is 10.1. The Bertz CT molecular complexity index is 299. The molecule has 0 bridgehead atoms. The van der Waals surface area contributed by atoms with E-state index < -0.39 is 0 Å². The van der Waals surface area contributed by atoms with Crippen molar-refractivity contribution in [2.24, 2.45) is 23.0 Å². The number of hydrogen-bond donors (Lipinski definition) is 1. The van der Waals surface area contributed by atoms with Gasteiger partial charge in [-0.15, -0.1) is 0 Å². The summed E-state index contributed by atoms with van der Waals surface area (Å²) in [6, 6.07) is 0.0375. The van der Waals surface area contributed by atoms with Gasteiger partial charge in [-0.25, -0.2) is 0 Å². The van der Waals surface area contributed by atoms with Gasteiger partial charge in [0.15, 0.2) is 0 Å². The van der Waals surface area contributed by atoms with E-state index in [4.69, 9.17) is 5.73 Å². The Morgan fingerprint density at radius 2 is 1.80 bits per heavy atom. The minimum Gasteiger partial charge on any atom is -0.328 e. The normalized spacial score (nSPS) is 34.3. The van der Waals surface area contributed by atoms with Crippen LogP contribution in [-0.2, 0) is 9.59 Å². The minimum absolute atomic E-state index is 0.00986. The van der Waals surface area contributed by atoms with Crippen LogP contribution in [0.5, 0.6) is 0 Å². The van der Waals surface area contributed by atoms with Crippen LogP contribution in [0.3, 0.4) is 0 Å². The Labute approximate surface area is 89.8 Å². The van der Waals surface area contributed by atoms with Gasteiger partial charge in [0.1, 0.15) is 0 Å². The van der Waals surface area contributed by atoms with Crippen LogP contribution in [0.25, 0.3) is 0 Å². The molecular formula is C11H18N2O2. The second-order valence-electron chi connectivity index (χ2n) is 5.37. The standard InChI is InChI=1S/C11H18N2O2/c1-6(12)4-5-13-9(14)7-8(10(13)15)11(7,2)3/h6-8H,4-5,12H2,1-3H3. The van der Waals surface area contributed by atoms with E-state index in [9.17, 15) is 9.59 Å². The molecule has 1 heterocycles. The van der Waals surface area contributed by atoms with Gasteiger partial charge in [0, 0.05) is 12.6 Å². The van der Waals surface area contributed by atoms with Crippen molar-refractivity contribution in [3.05, 3.63) is 0 Å². The Morgan fingerprint density at radius 3 is 2.20 bits per heavy atom. The fourth-order valence-corrected chi connectivity index (χ4v) is 2.56. The van der Waals surface area contributed by atoms with Crippen molar-refractivity contribution in [2.45, 2.75) is 33.2 Å². The molecule has 15 heavy (non-hydrogen) atoms. The number of hydrogen-bond acceptors (Lipinski definition) is 3.